The van der Waals surface area contributed by atoms with Crippen molar-refractivity contribution in [2.45, 2.75) is 32.2 Å². The summed E-state index contributed by atoms with van der Waals surface area (Å²) in [7, 11) is 1.76. The van der Waals surface area contributed by atoms with Crippen molar-refractivity contribution in [3.05, 3.63) is 35.6 Å². The molecule has 0 saturated heterocycles. The second-order valence-electron chi connectivity index (χ2n) is 5.68. The normalized spacial score (nSPS) is 23.6. The van der Waals surface area contributed by atoms with E-state index in [1.54, 1.807) is 30.1 Å². The Balaban J connectivity index is 2.12. The monoisotopic (exact) mass is 278 g/mol. The third kappa shape index (κ3) is 2.85. The largest absolute Gasteiger partial charge is 0.339 e. The van der Waals surface area contributed by atoms with Crippen molar-refractivity contribution in [3.8, 4) is 0 Å². The fourth-order valence-electron chi connectivity index (χ4n) is 3.12. The van der Waals surface area contributed by atoms with Gasteiger partial charge in [0.05, 0.1) is 6.04 Å². The lowest BCUT2D eigenvalue weighted by Gasteiger charge is -2.30. The Morgan fingerprint density at radius 1 is 1.45 bits per heavy atom. The van der Waals surface area contributed by atoms with Gasteiger partial charge in [0.15, 0.2) is 0 Å². The summed E-state index contributed by atoms with van der Waals surface area (Å²) in [6.45, 7) is 2.42. The van der Waals surface area contributed by atoms with Crippen molar-refractivity contribution in [2.75, 3.05) is 13.6 Å². The first-order chi connectivity index (χ1) is 9.56. The first-order valence-corrected chi connectivity index (χ1v) is 7.27. The quantitative estimate of drug-likeness (QED) is 0.920. The Morgan fingerprint density at radius 3 is 2.80 bits per heavy atom. The third-order valence-electron chi connectivity index (χ3n) is 4.56. The Bertz CT molecular complexity index is 477. The summed E-state index contributed by atoms with van der Waals surface area (Å²) < 4.78 is 13.8. The number of hydrogen-bond acceptors (Lipinski definition) is 2. The van der Waals surface area contributed by atoms with Crippen LogP contribution in [0.5, 0.6) is 0 Å². The van der Waals surface area contributed by atoms with Crippen LogP contribution in [0.1, 0.15) is 37.8 Å². The van der Waals surface area contributed by atoms with Gasteiger partial charge in [-0.15, -0.1) is 0 Å². The third-order valence-corrected chi connectivity index (χ3v) is 4.56. The number of halogens is 1. The van der Waals surface area contributed by atoms with Crippen LogP contribution in [-0.2, 0) is 4.79 Å². The Morgan fingerprint density at radius 2 is 2.15 bits per heavy atom. The second-order valence-corrected chi connectivity index (χ2v) is 5.68. The van der Waals surface area contributed by atoms with Gasteiger partial charge in [0.2, 0.25) is 5.91 Å². The first-order valence-electron chi connectivity index (χ1n) is 7.27. The summed E-state index contributed by atoms with van der Waals surface area (Å²) in [6, 6.07) is 6.37. The van der Waals surface area contributed by atoms with E-state index in [4.69, 9.17) is 5.73 Å². The molecule has 1 saturated carbocycles. The highest BCUT2D eigenvalue weighted by atomic mass is 19.1. The topological polar surface area (TPSA) is 46.3 Å². The molecule has 0 aromatic heterocycles. The highest BCUT2D eigenvalue weighted by Gasteiger charge is 2.35. The van der Waals surface area contributed by atoms with Crippen molar-refractivity contribution >= 4 is 5.91 Å². The van der Waals surface area contributed by atoms with E-state index in [2.05, 4.69) is 0 Å². The smallest absolute Gasteiger partial charge is 0.226 e. The molecule has 1 aliphatic rings. The predicted molar refractivity (Wildman–Crippen MR) is 77.5 cm³/mol. The van der Waals surface area contributed by atoms with Crippen LogP contribution in [-0.4, -0.2) is 24.4 Å². The number of hydrogen-bond donors (Lipinski definition) is 1. The number of benzene rings is 1. The van der Waals surface area contributed by atoms with E-state index in [-0.39, 0.29) is 29.6 Å². The van der Waals surface area contributed by atoms with E-state index in [9.17, 15) is 9.18 Å². The number of amides is 1. The van der Waals surface area contributed by atoms with E-state index < -0.39 is 0 Å². The van der Waals surface area contributed by atoms with Crippen LogP contribution in [0.15, 0.2) is 24.3 Å². The zero-order valence-corrected chi connectivity index (χ0v) is 12.2. The van der Waals surface area contributed by atoms with Crippen molar-refractivity contribution in [3.63, 3.8) is 0 Å². The summed E-state index contributed by atoms with van der Waals surface area (Å²) >= 11 is 0. The minimum atomic E-state index is -0.263. The van der Waals surface area contributed by atoms with Gasteiger partial charge in [0, 0.05) is 18.5 Å². The van der Waals surface area contributed by atoms with E-state index in [1.165, 1.54) is 6.07 Å². The van der Waals surface area contributed by atoms with Gasteiger partial charge in [-0.2, -0.15) is 0 Å². The molecular formula is C16H23FN2O. The molecule has 0 bridgehead atoms. The van der Waals surface area contributed by atoms with Gasteiger partial charge in [-0.1, -0.05) is 24.6 Å². The molecular weight excluding hydrogens is 255 g/mol. The van der Waals surface area contributed by atoms with E-state index >= 15 is 0 Å². The van der Waals surface area contributed by atoms with Gasteiger partial charge >= 0.3 is 0 Å². The lowest BCUT2D eigenvalue weighted by molar-refractivity contribution is -0.137. The molecule has 3 atom stereocenters. The molecule has 0 aliphatic heterocycles. The average Bonchev–Trinajstić information content (AvgIpc) is 2.94. The van der Waals surface area contributed by atoms with Crippen LogP contribution in [0.25, 0.3) is 0 Å². The van der Waals surface area contributed by atoms with Gasteiger partial charge in [-0.3, -0.25) is 4.79 Å². The molecule has 110 valence electrons. The van der Waals surface area contributed by atoms with E-state index in [0.717, 1.165) is 19.3 Å². The Hall–Kier alpha value is -1.42. The summed E-state index contributed by atoms with van der Waals surface area (Å²) in [5.74, 6) is 0.104. The van der Waals surface area contributed by atoms with Crippen molar-refractivity contribution in [1.82, 2.24) is 4.90 Å². The maximum absolute atomic E-state index is 13.8. The maximum atomic E-state index is 13.8. The van der Waals surface area contributed by atoms with Gasteiger partial charge in [0.1, 0.15) is 5.82 Å². The van der Waals surface area contributed by atoms with Gasteiger partial charge in [-0.25, -0.2) is 4.39 Å². The first kappa shape index (κ1) is 15.0. The molecule has 1 aromatic carbocycles. The lowest BCUT2D eigenvalue weighted by Crippen LogP contribution is -2.38. The molecule has 1 amide bonds. The van der Waals surface area contributed by atoms with Crippen LogP contribution in [0, 0.1) is 17.7 Å². The number of nitrogens with two attached hydrogens (primary N) is 1. The lowest BCUT2D eigenvalue weighted by atomic mass is 9.94. The molecule has 1 fully saturated rings. The fraction of sp³-hybridized carbons (Fsp3) is 0.562. The SMILES string of the molecule is CC(c1ccccc1F)N(C)C(=O)[C@@H]1CCC[C@@H]1CN. The summed E-state index contributed by atoms with van der Waals surface area (Å²) in [4.78, 5) is 14.3. The van der Waals surface area contributed by atoms with Crippen molar-refractivity contribution in [1.29, 1.82) is 0 Å². The van der Waals surface area contributed by atoms with E-state index in [0.29, 0.717) is 12.1 Å². The Kier molecular flexibility index (Phi) is 4.76. The van der Waals surface area contributed by atoms with Crippen molar-refractivity contribution in [2.24, 2.45) is 17.6 Å². The van der Waals surface area contributed by atoms with Crippen molar-refractivity contribution < 1.29 is 9.18 Å². The van der Waals surface area contributed by atoms with Gasteiger partial charge in [0.25, 0.3) is 0 Å². The van der Waals surface area contributed by atoms with Gasteiger partial charge < -0.3 is 10.6 Å². The highest BCUT2D eigenvalue weighted by Crippen LogP contribution is 2.34. The number of rotatable bonds is 4. The van der Waals surface area contributed by atoms with Crippen LogP contribution in [0.3, 0.4) is 0 Å². The van der Waals surface area contributed by atoms with Crippen LogP contribution >= 0.6 is 0 Å². The van der Waals surface area contributed by atoms with Crippen LogP contribution in [0.2, 0.25) is 0 Å². The molecule has 0 radical (unpaired) electrons. The number of nitrogens with zero attached hydrogens (tertiary/aromatic N) is 1. The molecule has 4 heteroatoms. The summed E-state index contributed by atoms with van der Waals surface area (Å²) in [6.07, 6.45) is 2.98. The maximum Gasteiger partial charge on any atom is 0.226 e. The standard InChI is InChI=1S/C16H23FN2O/c1-11(13-7-3-4-9-15(13)17)19(2)16(20)14-8-5-6-12(14)10-18/h3-4,7,9,11-12,14H,5-6,8,10,18H2,1-2H3/t11?,12-,14-/m1/s1. The summed E-state index contributed by atoms with van der Waals surface area (Å²) in [5, 5.41) is 0. The second kappa shape index (κ2) is 6.35. The molecule has 0 heterocycles. The fourth-order valence-corrected chi connectivity index (χ4v) is 3.12. The van der Waals surface area contributed by atoms with E-state index in [1.807, 2.05) is 6.92 Å². The highest BCUT2D eigenvalue weighted by molar-refractivity contribution is 5.79. The van der Waals surface area contributed by atoms with Gasteiger partial charge in [-0.05, 0) is 38.3 Å². The number of carbonyl (C=O) groups is 1. The Labute approximate surface area is 120 Å². The number of carbonyl (C=O) groups excluding carboxylic acids is 1. The minimum Gasteiger partial charge on any atom is -0.339 e. The molecule has 0 spiro atoms. The minimum absolute atomic E-state index is 0.000719. The zero-order valence-electron chi connectivity index (χ0n) is 12.2. The molecule has 1 aliphatic carbocycles. The molecule has 3 nitrogen and oxygen atoms in total. The molecule has 20 heavy (non-hydrogen) atoms. The van der Waals surface area contributed by atoms with Crippen LogP contribution < -0.4 is 5.73 Å². The molecule has 1 aromatic rings. The molecule has 2 rings (SSSR count). The average molecular weight is 278 g/mol. The molecule has 2 N–H and O–H groups in total. The molecule has 1 unspecified atom stereocenters. The summed E-state index contributed by atoms with van der Waals surface area (Å²) in [5.41, 5.74) is 6.30. The zero-order chi connectivity index (χ0) is 14.7. The van der Waals surface area contributed by atoms with Crippen LogP contribution in [0.4, 0.5) is 4.39 Å². The predicted octanol–water partition coefficient (Wildman–Crippen LogP) is 2.72.